The molecule has 0 heterocycles. The molecule has 0 saturated heterocycles. The number of carbonyl (C=O) groups excluding carboxylic acids is 1. The van der Waals surface area contributed by atoms with E-state index in [-0.39, 0.29) is 11.6 Å². The Hall–Kier alpha value is -3.72. The molecule has 0 bridgehead atoms. The number of hydrogen-bond donors (Lipinski definition) is 2. The number of nitrogens with one attached hydrogen (secondary N) is 2. The van der Waals surface area contributed by atoms with Crippen molar-refractivity contribution in [1.29, 1.82) is 0 Å². The minimum atomic E-state index is -4.10. The summed E-state index contributed by atoms with van der Waals surface area (Å²) >= 11 is 0. The van der Waals surface area contributed by atoms with E-state index in [1.165, 1.54) is 30.3 Å². The Balaban J connectivity index is 1.63. The molecule has 1 amide bonds. The van der Waals surface area contributed by atoms with Crippen LogP contribution in [-0.2, 0) is 14.8 Å². The molecule has 6 nitrogen and oxygen atoms in total. The lowest BCUT2D eigenvalue weighted by Gasteiger charge is -2.09. The molecular formula is C22H18F2N2O4S. The lowest BCUT2D eigenvalue weighted by molar-refractivity contribution is -0.111. The van der Waals surface area contributed by atoms with Gasteiger partial charge in [0.2, 0.25) is 5.91 Å². The van der Waals surface area contributed by atoms with Gasteiger partial charge in [0, 0.05) is 17.5 Å². The maximum atomic E-state index is 13.3. The number of sulfonamides is 1. The predicted molar refractivity (Wildman–Crippen MR) is 114 cm³/mol. The molecule has 2 N–H and O–H groups in total. The monoisotopic (exact) mass is 444 g/mol. The Morgan fingerprint density at radius 2 is 1.65 bits per heavy atom. The first kappa shape index (κ1) is 22.0. The highest BCUT2D eigenvalue weighted by Gasteiger charge is 2.16. The number of halogens is 2. The maximum Gasteiger partial charge on any atom is 0.261 e. The van der Waals surface area contributed by atoms with Crippen LogP contribution in [0.15, 0.2) is 77.7 Å². The number of methoxy groups -OCH3 is 1. The smallest absolute Gasteiger partial charge is 0.261 e. The summed E-state index contributed by atoms with van der Waals surface area (Å²) in [7, 11) is -2.55. The lowest BCUT2D eigenvalue weighted by Crippen LogP contribution is -2.13. The second kappa shape index (κ2) is 9.40. The minimum Gasteiger partial charge on any atom is -0.497 e. The van der Waals surface area contributed by atoms with Crippen molar-refractivity contribution in [2.24, 2.45) is 0 Å². The number of benzene rings is 3. The number of carbonyl (C=O) groups is 1. The fourth-order valence-corrected chi connectivity index (χ4v) is 3.65. The van der Waals surface area contributed by atoms with E-state index in [0.29, 0.717) is 17.5 Å². The van der Waals surface area contributed by atoms with Crippen molar-refractivity contribution in [2.45, 2.75) is 4.90 Å². The van der Waals surface area contributed by atoms with Gasteiger partial charge >= 0.3 is 0 Å². The van der Waals surface area contributed by atoms with E-state index >= 15 is 0 Å². The topological polar surface area (TPSA) is 84.5 Å². The zero-order valence-electron chi connectivity index (χ0n) is 16.3. The van der Waals surface area contributed by atoms with Crippen molar-refractivity contribution < 1.29 is 26.7 Å². The fraction of sp³-hybridized carbons (Fsp3) is 0.0455. The number of rotatable bonds is 7. The highest BCUT2D eigenvalue weighted by atomic mass is 32.2. The van der Waals surface area contributed by atoms with Crippen molar-refractivity contribution in [3.63, 3.8) is 0 Å². The van der Waals surface area contributed by atoms with Crippen molar-refractivity contribution in [3.05, 3.63) is 90.0 Å². The lowest BCUT2D eigenvalue weighted by atomic mass is 10.2. The summed E-state index contributed by atoms with van der Waals surface area (Å²) in [6.45, 7) is 0. The molecule has 0 aliphatic heterocycles. The van der Waals surface area contributed by atoms with E-state index in [9.17, 15) is 22.0 Å². The van der Waals surface area contributed by atoms with Gasteiger partial charge in [-0.25, -0.2) is 17.2 Å². The summed E-state index contributed by atoms with van der Waals surface area (Å²) in [6, 6.07) is 15.3. The highest BCUT2D eigenvalue weighted by molar-refractivity contribution is 7.92. The molecule has 0 fully saturated rings. The van der Waals surface area contributed by atoms with Crippen LogP contribution in [0.4, 0.5) is 20.2 Å². The molecule has 0 aliphatic carbocycles. The van der Waals surface area contributed by atoms with Gasteiger partial charge in [-0.15, -0.1) is 0 Å². The molecule has 0 radical (unpaired) electrons. The molecule has 160 valence electrons. The van der Waals surface area contributed by atoms with Crippen molar-refractivity contribution >= 4 is 33.4 Å². The highest BCUT2D eigenvalue weighted by Crippen LogP contribution is 2.20. The van der Waals surface area contributed by atoms with Crippen LogP contribution in [0.2, 0.25) is 0 Å². The molecule has 0 atom stereocenters. The molecule has 9 heteroatoms. The summed E-state index contributed by atoms with van der Waals surface area (Å²) in [5.41, 5.74) is 1.42. The van der Waals surface area contributed by atoms with Crippen molar-refractivity contribution in [2.75, 3.05) is 17.1 Å². The first-order chi connectivity index (χ1) is 14.8. The molecule has 0 aliphatic rings. The molecule has 3 aromatic carbocycles. The fourth-order valence-electron chi connectivity index (χ4n) is 2.58. The standard InChI is InChI=1S/C22H18F2N2O4S/c1-30-18-4-2-3-15(13-18)5-12-22(27)25-16-6-8-17(9-7-16)26-31(28,29)19-10-11-20(23)21(24)14-19/h2-14,26H,1H3,(H,25,27)/b12-5+. The van der Waals surface area contributed by atoms with E-state index in [4.69, 9.17) is 4.74 Å². The number of anilines is 2. The Bertz CT molecular complexity index is 1230. The quantitative estimate of drug-likeness (QED) is 0.528. The first-order valence-electron chi connectivity index (χ1n) is 8.98. The van der Waals surface area contributed by atoms with Gasteiger partial charge in [-0.05, 0) is 66.2 Å². The van der Waals surface area contributed by atoms with E-state index in [1.807, 2.05) is 6.07 Å². The Morgan fingerprint density at radius 3 is 2.32 bits per heavy atom. The largest absolute Gasteiger partial charge is 0.497 e. The molecular weight excluding hydrogens is 426 g/mol. The third kappa shape index (κ3) is 5.89. The van der Waals surface area contributed by atoms with Gasteiger partial charge in [-0.1, -0.05) is 12.1 Å². The molecule has 3 rings (SSSR count). The van der Waals surface area contributed by atoms with Gasteiger partial charge in [0.15, 0.2) is 11.6 Å². The van der Waals surface area contributed by atoms with Gasteiger partial charge in [0.25, 0.3) is 10.0 Å². The second-order valence-electron chi connectivity index (χ2n) is 6.36. The SMILES string of the molecule is COc1cccc(/C=C/C(=O)Nc2ccc(NS(=O)(=O)c3ccc(F)c(F)c3)cc2)c1. The van der Waals surface area contributed by atoms with Crippen LogP contribution in [0.25, 0.3) is 6.08 Å². The predicted octanol–water partition coefficient (Wildman–Crippen LogP) is 4.43. The Kier molecular flexibility index (Phi) is 6.66. The second-order valence-corrected chi connectivity index (χ2v) is 8.04. The summed E-state index contributed by atoms with van der Waals surface area (Å²) in [5, 5.41) is 2.65. The molecule has 0 unspecified atom stereocenters. The maximum absolute atomic E-state index is 13.3. The summed E-state index contributed by atoms with van der Waals surface area (Å²) in [4.78, 5) is 11.7. The van der Waals surface area contributed by atoms with Gasteiger partial charge in [-0.3, -0.25) is 9.52 Å². The van der Waals surface area contributed by atoms with Crippen molar-refractivity contribution in [1.82, 2.24) is 0 Å². The van der Waals surface area contributed by atoms with Crippen LogP contribution in [0.1, 0.15) is 5.56 Å². The van der Waals surface area contributed by atoms with Crippen LogP contribution < -0.4 is 14.8 Å². The molecule has 0 spiro atoms. The Labute approximate surface area is 178 Å². The normalized spacial score (nSPS) is 11.3. The van der Waals surface area contributed by atoms with E-state index in [0.717, 1.165) is 17.7 Å². The van der Waals surface area contributed by atoms with Crippen LogP contribution >= 0.6 is 0 Å². The molecule has 3 aromatic rings. The minimum absolute atomic E-state index is 0.189. The van der Waals surface area contributed by atoms with Crippen LogP contribution in [0, 0.1) is 11.6 Å². The van der Waals surface area contributed by atoms with Crippen LogP contribution in [0.5, 0.6) is 5.75 Å². The zero-order chi connectivity index (χ0) is 22.4. The van der Waals surface area contributed by atoms with Crippen LogP contribution in [0.3, 0.4) is 0 Å². The third-order valence-corrected chi connectivity index (χ3v) is 5.51. The van der Waals surface area contributed by atoms with Gasteiger partial charge < -0.3 is 10.1 Å². The summed E-state index contributed by atoms with van der Waals surface area (Å²) in [5.74, 6) is -2.11. The first-order valence-corrected chi connectivity index (χ1v) is 10.5. The zero-order valence-corrected chi connectivity index (χ0v) is 17.1. The van der Waals surface area contributed by atoms with Crippen LogP contribution in [-0.4, -0.2) is 21.4 Å². The van der Waals surface area contributed by atoms with Gasteiger partial charge in [0.1, 0.15) is 5.75 Å². The summed E-state index contributed by atoms with van der Waals surface area (Å²) in [6.07, 6.45) is 2.98. The van der Waals surface area contributed by atoms with Gasteiger partial charge in [0.05, 0.1) is 12.0 Å². The molecule has 31 heavy (non-hydrogen) atoms. The van der Waals surface area contributed by atoms with Gasteiger partial charge in [-0.2, -0.15) is 0 Å². The van der Waals surface area contributed by atoms with E-state index < -0.39 is 26.6 Å². The van der Waals surface area contributed by atoms with E-state index in [1.54, 1.807) is 31.4 Å². The Morgan fingerprint density at radius 1 is 0.935 bits per heavy atom. The van der Waals surface area contributed by atoms with Crippen molar-refractivity contribution in [3.8, 4) is 5.75 Å². The number of amides is 1. The average Bonchev–Trinajstić information content (AvgIpc) is 2.75. The summed E-state index contributed by atoms with van der Waals surface area (Å²) < 4.78 is 58.3. The third-order valence-electron chi connectivity index (χ3n) is 4.13. The molecule has 0 saturated carbocycles. The average molecular weight is 444 g/mol. The van der Waals surface area contributed by atoms with E-state index in [2.05, 4.69) is 10.0 Å². The molecule has 0 aromatic heterocycles. The number of ether oxygens (including phenoxy) is 1. The number of hydrogen-bond acceptors (Lipinski definition) is 4.